The molecule has 3 aromatic rings. The molecule has 0 bridgehead atoms. The number of nitrogens with one attached hydrogen (secondary N) is 2. The zero-order valence-corrected chi connectivity index (χ0v) is 17.8. The Labute approximate surface area is 183 Å². The normalized spacial score (nSPS) is 12.6. The molecule has 2 aromatic carbocycles. The van der Waals surface area contributed by atoms with Gasteiger partial charge in [-0.05, 0) is 24.6 Å². The third-order valence-corrected chi connectivity index (χ3v) is 5.21. The first-order valence-corrected chi connectivity index (χ1v) is 10.7. The number of ether oxygens (including phenoxy) is 1. The number of guanidine groups is 1. The van der Waals surface area contributed by atoms with Gasteiger partial charge < -0.3 is 20.5 Å². The maximum absolute atomic E-state index is 12.2. The minimum absolute atomic E-state index is 0.0481. The number of hydrogen-bond acceptors (Lipinski definition) is 5. The Morgan fingerprint density at radius 1 is 1.13 bits per heavy atom. The molecule has 0 radical (unpaired) electrons. The van der Waals surface area contributed by atoms with Crippen molar-refractivity contribution in [1.82, 2.24) is 15.6 Å². The Balaban J connectivity index is 1.56. The van der Waals surface area contributed by atoms with E-state index in [2.05, 4.69) is 25.3 Å². The Morgan fingerprint density at radius 2 is 1.87 bits per heavy atom. The zero-order valence-electron chi connectivity index (χ0n) is 17.0. The second kappa shape index (κ2) is 11.4. The van der Waals surface area contributed by atoms with E-state index in [0.717, 1.165) is 16.3 Å². The van der Waals surface area contributed by atoms with Crippen molar-refractivity contribution in [3.05, 3.63) is 71.2 Å². The molecule has 0 aliphatic rings. The van der Waals surface area contributed by atoms with Gasteiger partial charge in [-0.2, -0.15) is 8.78 Å². The standard InChI is InChI=1S/C22H24F2N4O2S/c1-2-25-22(26-12-17-14-31-20(28-17)16-6-4-3-5-7-16)27-13-19(29)15-8-10-18(11-9-15)30-21(23)24/h3-11,14,19,21,29H,2,12-13H2,1H3,(H2,25,26,27). The third kappa shape index (κ3) is 7.01. The number of nitrogens with zero attached hydrogens (tertiary/aromatic N) is 2. The second-order valence-electron chi connectivity index (χ2n) is 6.55. The highest BCUT2D eigenvalue weighted by Crippen LogP contribution is 2.23. The minimum atomic E-state index is -2.88. The smallest absolute Gasteiger partial charge is 0.387 e. The van der Waals surface area contributed by atoms with Crippen LogP contribution in [-0.2, 0) is 6.54 Å². The van der Waals surface area contributed by atoms with Gasteiger partial charge in [0.25, 0.3) is 0 Å². The molecule has 6 nitrogen and oxygen atoms in total. The average molecular weight is 447 g/mol. The summed E-state index contributed by atoms with van der Waals surface area (Å²) in [6, 6.07) is 15.9. The van der Waals surface area contributed by atoms with E-state index in [9.17, 15) is 13.9 Å². The van der Waals surface area contributed by atoms with Crippen LogP contribution in [0.1, 0.15) is 24.3 Å². The van der Waals surface area contributed by atoms with E-state index in [-0.39, 0.29) is 12.3 Å². The number of aliphatic hydroxyl groups is 1. The van der Waals surface area contributed by atoms with Crippen LogP contribution in [0.4, 0.5) is 8.78 Å². The lowest BCUT2D eigenvalue weighted by Gasteiger charge is -2.16. The van der Waals surface area contributed by atoms with Crippen LogP contribution in [0.2, 0.25) is 0 Å². The molecular weight excluding hydrogens is 422 g/mol. The predicted octanol–water partition coefficient (Wildman–Crippen LogP) is 4.20. The summed E-state index contributed by atoms with van der Waals surface area (Å²) in [6.07, 6.45) is -0.839. The molecule has 3 N–H and O–H groups in total. The molecule has 1 heterocycles. The highest BCUT2D eigenvalue weighted by atomic mass is 32.1. The molecule has 3 rings (SSSR count). The highest BCUT2D eigenvalue weighted by molar-refractivity contribution is 7.13. The van der Waals surface area contributed by atoms with E-state index in [4.69, 9.17) is 0 Å². The van der Waals surface area contributed by atoms with Crippen LogP contribution >= 0.6 is 11.3 Å². The van der Waals surface area contributed by atoms with Crippen LogP contribution in [0.25, 0.3) is 10.6 Å². The maximum atomic E-state index is 12.2. The van der Waals surface area contributed by atoms with Crippen molar-refractivity contribution in [1.29, 1.82) is 0 Å². The maximum Gasteiger partial charge on any atom is 0.387 e. The van der Waals surface area contributed by atoms with Gasteiger partial charge in [0.05, 0.1) is 18.3 Å². The van der Waals surface area contributed by atoms with Crippen LogP contribution < -0.4 is 15.4 Å². The van der Waals surface area contributed by atoms with E-state index in [1.807, 2.05) is 42.6 Å². The Bertz CT molecular complexity index is 965. The van der Waals surface area contributed by atoms with Crippen LogP contribution in [0, 0.1) is 0 Å². The topological polar surface area (TPSA) is 78.8 Å². The summed E-state index contributed by atoms with van der Waals surface area (Å²) in [5, 5.41) is 19.5. The molecule has 0 aliphatic carbocycles. The van der Waals surface area contributed by atoms with E-state index in [1.54, 1.807) is 23.5 Å². The lowest BCUT2D eigenvalue weighted by Crippen LogP contribution is -2.39. The van der Waals surface area contributed by atoms with Crippen molar-refractivity contribution in [2.24, 2.45) is 4.99 Å². The number of aromatic nitrogens is 1. The fraction of sp³-hybridized carbons (Fsp3) is 0.273. The van der Waals surface area contributed by atoms with Gasteiger partial charge in [-0.15, -0.1) is 11.3 Å². The van der Waals surface area contributed by atoms with Crippen molar-refractivity contribution in [2.75, 3.05) is 13.1 Å². The number of aliphatic hydroxyl groups excluding tert-OH is 1. The number of hydrogen-bond donors (Lipinski definition) is 3. The minimum Gasteiger partial charge on any atom is -0.435 e. The highest BCUT2D eigenvalue weighted by Gasteiger charge is 2.11. The number of thiazole rings is 1. The Morgan fingerprint density at radius 3 is 2.55 bits per heavy atom. The first kappa shape index (κ1) is 22.6. The molecule has 9 heteroatoms. The first-order chi connectivity index (χ1) is 15.0. The largest absolute Gasteiger partial charge is 0.435 e. The first-order valence-electron chi connectivity index (χ1n) is 9.80. The Hall–Kier alpha value is -3.04. The van der Waals surface area contributed by atoms with Crippen LogP contribution in [0.3, 0.4) is 0 Å². The monoisotopic (exact) mass is 446 g/mol. The predicted molar refractivity (Wildman–Crippen MR) is 118 cm³/mol. The molecule has 0 aliphatic heterocycles. The summed E-state index contributed by atoms with van der Waals surface area (Å²) < 4.78 is 28.8. The molecule has 1 unspecified atom stereocenters. The summed E-state index contributed by atoms with van der Waals surface area (Å²) in [4.78, 5) is 9.15. The molecule has 1 aromatic heterocycles. The quantitative estimate of drug-likeness (QED) is 0.339. The van der Waals surface area contributed by atoms with Crippen LogP contribution in [-0.4, -0.2) is 35.8 Å². The molecule has 0 saturated heterocycles. The SMILES string of the molecule is CCNC(=NCc1csc(-c2ccccc2)n1)NCC(O)c1ccc(OC(F)F)cc1. The van der Waals surface area contributed by atoms with Gasteiger partial charge >= 0.3 is 6.61 Å². The average Bonchev–Trinajstić information content (AvgIpc) is 3.25. The molecular formula is C22H24F2N4O2S. The van der Waals surface area contributed by atoms with Crippen molar-refractivity contribution in [2.45, 2.75) is 26.2 Å². The lowest BCUT2D eigenvalue weighted by molar-refractivity contribution is -0.0498. The molecule has 0 amide bonds. The number of halogens is 2. The van der Waals surface area contributed by atoms with Crippen molar-refractivity contribution >= 4 is 17.3 Å². The summed E-state index contributed by atoms with van der Waals surface area (Å²) in [6.45, 7) is 0.333. The summed E-state index contributed by atoms with van der Waals surface area (Å²) >= 11 is 1.57. The van der Waals surface area contributed by atoms with E-state index >= 15 is 0 Å². The van der Waals surface area contributed by atoms with Gasteiger partial charge in [-0.1, -0.05) is 42.5 Å². The Kier molecular flexibility index (Phi) is 8.31. The number of aliphatic imine (C=N–C) groups is 1. The fourth-order valence-electron chi connectivity index (χ4n) is 2.78. The number of alkyl halides is 2. The zero-order chi connectivity index (χ0) is 22.1. The molecule has 31 heavy (non-hydrogen) atoms. The lowest BCUT2D eigenvalue weighted by atomic mass is 10.1. The van der Waals surface area contributed by atoms with Crippen LogP contribution in [0.15, 0.2) is 65.0 Å². The number of benzene rings is 2. The summed E-state index contributed by atoms with van der Waals surface area (Å²) in [5.41, 5.74) is 2.51. The molecule has 1 atom stereocenters. The molecule has 0 saturated carbocycles. The van der Waals surface area contributed by atoms with Gasteiger partial charge in [0.15, 0.2) is 5.96 Å². The van der Waals surface area contributed by atoms with Crippen molar-refractivity contribution < 1.29 is 18.6 Å². The second-order valence-corrected chi connectivity index (χ2v) is 7.41. The van der Waals surface area contributed by atoms with Gasteiger partial charge in [-0.25, -0.2) is 9.98 Å². The number of rotatable bonds is 9. The van der Waals surface area contributed by atoms with Gasteiger partial charge in [0, 0.05) is 24.0 Å². The summed E-state index contributed by atoms with van der Waals surface area (Å²) in [5.74, 6) is 0.598. The van der Waals surface area contributed by atoms with E-state index in [1.165, 1.54) is 12.1 Å². The van der Waals surface area contributed by atoms with Gasteiger partial charge in [0.1, 0.15) is 10.8 Å². The van der Waals surface area contributed by atoms with Crippen molar-refractivity contribution in [3.8, 4) is 16.3 Å². The van der Waals surface area contributed by atoms with Crippen LogP contribution in [0.5, 0.6) is 5.75 Å². The van der Waals surface area contributed by atoms with E-state index < -0.39 is 12.7 Å². The molecule has 0 spiro atoms. The summed E-state index contributed by atoms with van der Waals surface area (Å²) in [7, 11) is 0. The van der Waals surface area contributed by atoms with Gasteiger partial charge in [-0.3, -0.25) is 0 Å². The molecule has 164 valence electrons. The van der Waals surface area contributed by atoms with Gasteiger partial charge in [0.2, 0.25) is 0 Å². The third-order valence-electron chi connectivity index (χ3n) is 4.27. The van der Waals surface area contributed by atoms with E-state index in [0.29, 0.717) is 24.6 Å². The van der Waals surface area contributed by atoms with Crippen molar-refractivity contribution in [3.63, 3.8) is 0 Å². The fourth-order valence-corrected chi connectivity index (χ4v) is 3.59. The molecule has 0 fully saturated rings.